The summed E-state index contributed by atoms with van der Waals surface area (Å²) < 4.78 is 0. The Morgan fingerprint density at radius 3 is 2.71 bits per heavy atom. The lowest BCUT2D eigenvalue weighted by atomic mass is 10.2. The minimum absolute atomic E-state index is 0.578. The van der Waals surface area contributed by atoms with Crippen molar-refractivity contribution < 1.29 is 0 Å². The second-order valence-electron chi connectivity index (χ2n) is 3.76. The second kappa shape index (κ2) is 4.24. The number of rotatable bonds is 1. The van der Waals surface area contributed by atoms with Crippen molar-refractivity contribution in [2.45, 2.75) is 17.9 Å². The fourth-order valence-corrected chi connectivity index (χ4v) is 2.02. The molecule has 1 saturated heterocycles. The van der Waals surface area contributed by atoms with Crippen LogP contribution in [0.5, 0.6) is 0 Å². The predicted molar refractivity (Wildman–Crippen MR) is 63.4 cm³/mol. The third kappa shape index (κ3) is 2.04. The number of hydrogen-bond donors (Lipinski definition) is 2. The first kappa shape index (κ1) is 9.87. The van der Waals surface area contributed by atoms with Gasteiger partial charge in [-0.05, 0) is 31.2 Å². The Morgan fingerprint density at radius 1 is 1.36 bits per heavy atom. The van der Waals surface area contributed by atoms with Gasteiger partial charge in [0.25, 0.3) is 0 Å². The van der Waals surface area contributed by atoms with E-state index in [1.165, 1.54) is 5.69 Å². The van der Waals surface area contributed by atoms with Crippen LogP contribution < -0.4 is 10.2 Å². The van der Waals surface area contributed by atoms with Gasteiger partial charge in [0.2, 0.25) is 0 Å². The van der Waals surface area contributed by atoms with E-state index in [0.717, 1.165) is 24.5 Å². The van der Waals surface area contributed by atoms with Gasteiger partial charge in [0, 0.05) is 36.3 Å². The molecule has 2 nitrogen and oxygen atoms in total. The van der Waals surface area contributed by atoms with Gasteiger partial charge in [-0.15, -0.1) is 12.6 Å². The Morgan fingerprint density at radius 2 is 2.07 bits per heavy atom. The van der Waals surface area contributed by atoms with Crippen molar-refractivity contribution in [2.24, 2.45) is 0 Å². The highest BCUT2D eigenvalue weighted by atomic mass is 32.1. The van der Waals surface area contributed by atoms with Crippen LogP contribution in [0.4, 0.5) is 5.69 Å². The molecule has 1 aliphatic heterocycles. The van der Waals surface area contributed by atoms with Gasteiger partial charge in [-0.25, -0.2) is 0 Å². The normalized spacial score (nSPS) is 22.4. The maximum absolute atomic E-state index is 4.29. The number of hydrogen-bond acceptors (Lipinski definition) is 3. The van der Waals surface area contributed by atoms with E-state index in [9.17, 15) is 0 Å². The minimum Gasteiger partial charge on any atom is -0.366 e. The average molecular weight is 208 g/mol. The lowest BCUT2D eigenvalue weighted by molar-refractivity contribution is 0.501. The summed E-state index contributed by atoms with van der Waals surface area (Å²) in [5, 5.41) is 3.39. The Labute approximate surface area is 90.7 Å². The molecular formula is C11H16N2S. The SMILES string of the molecule is CC1CNCCN1c1ccc(S)cc1. The number of nitrogens with zero attached hydrogens (tertiary/aromatic N) is 1. The number of anilines is 1. The van der Waals surface area contributed by atoms with Gasteiger partial charge in [-0.1, -0.05) is 0 Å². The predicted octanol–water partition coefficient (Wildman–Crippen LogP) is 1.77. The fourth-order valence-electron chi connectivity index (χ4n) is 1.87. The minimum atomic E-state index is 0.578. The first-order chi connectivity index (χ1) is 6.77. The van der Waals surface area contributed by atoms with E-state index in [-0.39, 0.29) is 0 Å². The van der Waals surface area contributed by atoms with Crippen molar-refractivity contribution in [2.75, 3.05) is 24.5 Å². The van der Waals surface area contributed by atoms with Crippen LogP contribution in [0.15, 0.2) is 29.2 Å². The van der Waals surface area contributed by atoms with Gasteiger partial charge in [0.05, 0.1) is 0 Å². The molecule has 1 atom stereocenters. The molecule has 1 aliphatic rings. The van der Waals surface area contributed by atoms with Crippen molar-refractivity contribution in [3.05, 3.63) is 24.3 Å². The lowest BCUT2D eigenvalue weighted by Crippen LogP contribution is -2.49. The maximum atomic E-state index is 4.29. The van der Waals surface area contributed by atoms with E-state index in [4.69, 9.17) is 0 Å². The Bertz CT molecular complexity index is 297. The summed E-state index contributed by atoms with van der Waals surface area (Å²) in [5.41, 5.74) is 1.30. The molecule has 2 rings (SSSR count). The summed E-state index contributed by atoms with van der Waals surface area (Å²) in [6.07, 6.45) is 0. The molecule has 0 spiro atoms. The second-order valence-corrected chi connectivity index (χ2v) is 4.28. The summed E-state index contributed by atoms with van der Waals surface area (Å²) in [5.74, 6) is 0. The van der Waals surface area contributed by atoms with Crippen LogP contribution in [-0.2, 0) is 0 Å². The van der Waals surface area contributed by atoms with E-state index in [1.807, 2.05) is 12.1 Å². The molecule has 14 heavy (non-hydrogen) atoms. The average Bonchev–Trinajstić information content (AvgIpc) is 2.20. The highest BCUT2D eigenvalue weighted by molar-refractivity contribution is 7.80. The number of piperazine rings is 1. The summed E-state index contributed by atoms with van der Waals surface area (Å²) >= 11 is 4.29. The summed E-state index contributed by atoms with van der Waals surface area (Å²) in [6.45, 7) is 5.49. The van der Waals surface area contributed by atoms with Crippen LogP contribution in [0, 0.1) is 0 Å². The van der Waals surface area contributed by atoms with Crippen LogP contribution in [0.25, 0.3) is 0 Å². The molecule has 1 fully saturated rings. The molecule has 1 aromatic carbocycles. The van der Waals surface area contributed by atoms with Crippen LogP contribution in [0.3, 0.4) is 0 Å². The van der Waals surface area contributed by atoms with Crippen molar-refractivity contribution in [3.63, 3.8) is 0 Å². The lowest BCUT2D eigenvalue weighted by Gasteiger charge is -2.35. The fraction of sp³-hybridized carbons (Fsp3) is 0.455. The molecule has 1 aromatic rings. The van der Waals surface area contributed by atoms with Crippen LogP contribution in [0.1, 0.15) is 6.92 Å². The topological polar surface area (TPSA) is 15.3 Å². The molecule has 0 aliphatic carbocycles. The van der Waals surface area contributed by atoms with Crippen molar-refractivity contribution in [3.8, 4) is 0 Å². The highest BCUT2D eigenvalue weighted by Crippen LogP contribution is 2.19. The van der Waals surface area contributed by atoms with Gasteiger partial charge in [0.1, 0.15) is 0 Å². The zero-order chi connectivity index (χ0) is 9.97. The molecule has 0 saturated carbocycles. The van der Waals surface area contributed by atoms with Gasteiger partial charge < -0.3 is 10.2 Å². The molecule has 0 radical (unpaired) electrons. The van der Waals surface area contributed by atoms with Crippen LogP contribution >= 0.6 is 12.6 Å². The molecular weight excluding hydrogens is 192 g/mol. The van der Waals surface area contributed by atoms with Gasteiger partial charge in [0.15, 0.2) is 0 Å². The highest BCUT2D eigenvalue weighted by Gasteiger charge is 2.17. The van der Waals surface area contributed by atoms with Crippen LogP contribution in [-0.4, -0.2) is 25.7 Å². The van der Waals surface area contributed by atoms with Crippen molar-refractivity contribution in [1.82, 2.24) is 5.32 Å². The quantitative estimate of drug-likeness (QED) is 0.684. The molecule has 1 unspecified atom stereocenters. The molecule has 3 heteroatoms. The van der Waals surface area contributed by atoms with Crippen molar-refractivity contribution >= 4 is 18.3 Å². The van der Waals surface area contributed by atoms with Gasteiger partial charge in [-0.3, -0.25) is 0 Å². The third-order valence-corrected chi connectivity index (χ3v) is 2.98. The monoisotopic (exact) mass is 208 g/mol. The molecule has 0 bridgehead atoms. The number of nitrogens with one attached hydrogen (secondary N) is 1. The molecule has 1 N–H and O–H groups in total. The van der Waals surface area contributed by atoms with E-state index >= 15 is 0 Å². The maximum Gasteiger partial charge on any atom is 0.0386 e. The van der Waals surface area contributed by atoms with Gasteiger partial charge in [-0.2, -0.15) is 0 Å². The first-order valence-corrected chi connectivity index (χ1v) is 5.48. The smallest absolute Gasteiger partial charge is 0.0386 e. The number of thiol groups is 1. The zero-order valence-corrected chi connectivity index (χ0v) is 9.30. The van der Waals surface area contributed by atoms with E-state index in [2.05, 4.69) is 41.9 Å². The summed E-state index contributed by atoms with van der Waals surface area (Å²) in [6, 6.07) is 8.96. The Kier molecular flexibility index (Phi) is 2.99. The van der Waals surface area contributed by atoms with Gasteiger partial charge >= 0.3 is 0 Å². The van der Waals surface area contributed by atoms with Crippen molar-refractivity contribution in [1.29, 1.82) is 0 Å². The first-order valence-electron chi connectivity index (χ1n) is 5.04. The molecule has 0 aromatic heterocycles. The largest absolute Gasteiger partial charge is 0.366 e. The van der Waals surface area contributed by atoms with Crippen LogP contribution in [0.2, 0.25) is 0 Å². The Balaban J connectivity index is 2.16. The standard InChI is InChI=1S/C11H16N2S/c1-9-8-12-6-7-13(9)10-2-4-11(14)5-3-10/h2-5,9,12,14H,6-8H2,1H3. The van der Waals surface area contributed by atoms with E-state index < -0.39 is 0 Å². The van der Waals surface area contributed by atoms with E-state index in [1.54, 1.807) is 0 Å². The van der Waals surface area contributed by atoms with E-state index in [0.29, 0.717) is 6.04 Å². The molecule has 76 valence electrons. The Hall–Kier alpha value is -0.670. The third-order valence-electron chi connectivity index (χ3n) is 2.68. The number of benzene rings is 1. The summed E-state index contributed by atoms with van der Waals surface area (Å²) in [7, 11) is 0. The molecule has 1 heterocycles. The molecule has 0 amide bonds. The summed E-state index contributed by atoms with van der Waals surface area (Å²) in [4.78, 5) is 3.46. The zero-order valence-electron chi connectivity index (χ0n) is 8.40.